The summed E-state index contributed by atoms with van der Waals surface area (Å²) in [6.07, 6.45) is 0.836. The summed E-state index contributed by atoms with van der Waals surface area (Å²) < 4.78 is 11.8. The Morgan fingerprint density at radius 1 is 1.15 bits per heavy atom. The predicted molar refractivity (Wildman–Crippen MR) is 99.1 cm³/mol. The van der Waals surface area contributed by atoms with Crippen molar-refractivity contribution >= 4 is 17.7 Å². The SMILES string of the molecule is COC(=O)c1ccc(-n2c(C)cc(C(=O)COC(=O)[C@H]3C[C@@H]3C)c2C)cc1. The topological polar surface area (TPSA) is 74.6 Å². The van der Waals surface area contributed by atoms with Gasteiger partial charge in [0.25, 0.3) is 0 Å². The number of benzene rings is 1. The van der Waals surface area contributed by atoms with Gasteiger partial charge in [-0.05, 0) is 56.5 Å². The number of carbonyl (C=O) groups excluding carboxylic acids is 3. The first-order chi connectivity index (χ1) is 12.8. The van der Waals surface area contributed by atoms with Crippen molar-refractivity contribution < 1.29 is 23.9 Å². The maximum Gasteiger partial charge on any atom is 0.337 e. The molecule has 2 aromatic rings. The van der Waals surface area contributed by atoms with Crippen LogP contribution in [0.4, 0.5) is 0 Å². The van der Waals surface area contributed by atoms with E-state index in [2.05, 4.69) is 0 Å². The fourth-order valence-electron chi connectivity index (χ4n) is 3.28. The first-order valence-corrected chi connectivity index (χ1v) is 8.91. The number of nitrogens with zero attached hydrogens (tertiary/aromatic N) is 1. The highest BCUT2D eigenvalue weighted by atomic mass is 16.5. The number of hydrogen-bond acceptors (Lipinski definition) is 5. The molecular formula is C21H23NO5. The number of Topliss-reactive ketones (excluding diaryl/α,β-unsaturated/α-hetero) is 1. The van der Waals surface area contributed by atoms with E-state index in [1.165, 1.54) is 7.11 Å². The van der Waals surface area contributed by atoms with Crippen molar-refractivity contribution in [3.05, 3.63) is 52.8 Å². The summed E-state index contributed by atoms with van der Waals surface area (Å²) >= 11 is 0. The van der Waals surface area contributed by atoms with E-state index in [9.17, 15) is 14.4 Å². The Hall–Kier alpha value is -2.89. The van der Waals surface area contributed by atoms with Gasteiger partial charge >= 0.3 is 11.9 Å². The van der Waals surface area contributed by atoms with Crippen molar-refractivity contribution in [1.29, 1.82) is 0 Å². The standard InChI is InChI=1S/C21H23NO5/c1-12-9-17(12)21(25)27-11-19(23)18-10-13(2)22(14(18)3)16-7-5-15(6-8-16)20(24)26-4/h5-8,10,12,17H,9,11H2,1-4H3/t12-,17-/m0/s1. The minimum Gasteiger partial charge on any atom is -0.465 e. The Labute approximate surface area is 158 Å². The molecule has 1 aliphatic carbocycles. The van der Waals surface area contributed by atoms with E-state index in [1.807, 2.05) is 25.3 Å². The van der Waals surface area contributed by atoms with Gasteiger partial charge in [-0.3, -0.25) is 9.59 Å². The van der Waals surface area contributed by atoms with Crippen LogP contribution in [0.2, 0.25) is 0 Å². The fraction of sp³-hybridized carbons (Fsp3) is 0.381. The molecule has 3 rings (SSSR count). The van der Waals surface area contributed by atoms with E-state index in [0.29, 0.717) is 17.0 Å². The van der Waals surface area contributed by atoms with Crippen LogP contribution in [0.15, 0.2) is 30.3 Å². The highest BCUT2D eigenvalue weighted by molar-refractivity contribution is 5.99. The predicted octanol–water partition coefficient (Wildman–Crippen LogP) is 3.26. The van der Waals surface area contributed by atoms with E-state index >= 15 is 0 Å². The van der Waals surface area contributed by atoms with Crippen molar-refractivity contribution in [2.75, 3.05) is 13.7 Å². The third-order valence-electron chi connectivity index (χ3n) is 5.04. The van der Waals surface area contributed by atoms with E-state index in [0.717, 1.165) is 23.5 Å². The molecular weight excluding hydrogens is 346 g/mol. The molecule has 6 heteroatoms. The summed E-state index contributed by atoms with van der Waals surface area (Å²) in [6.45, 7) is 5.50. The van der Waals surface area contributed by atoms with E-state index in [4.69, 9.17) is 9.47 Å². The van der Waals surface area contributed by atoms with Gasteiger partial charge in [0.1, 0.15) is 0 Å². The lowest BCUT2D eigenvalue weighted by molar-refractivity contribution is -0.144. The minimum atomic E-state index is -0.398. The summed E-state index contributed by atoms with van der Waals surface area (Å²) in [5, 5.41) is 0. The summed E-state index contributed by atoms with van der Waals surface area (Å²) in [5.74, 6) is -0.611. The fourth-order valence-corrected chi connectivity index (χ4v) is 3.28. The maximum atomic E-state index is 12.5. The molecule has 6 nitrogen and oxygen atoms in total. The van der Waals surface area contributed by atoms with Gasteiger partial charge in [0.05, 0.1) is 18.6 Å². The lowest BCUT2D eigenvalue weighted by Crippen LogP contribution is -2.16. The first-order valence-electron chi connectivity index (χ1n) is 8.91. The highest BCUT2D eigenvalue weighted by Crippen LogP contribution is 2.38. The second-order valence-corrected chi connectivity index (χ2v) is 7.01. The molecule has 0 radical (unpaired) electrons. The molecule has 0 aliphatic heterocycles. The molecule has 0 unspecified atom stereocenters. The minimum absolute atomic E-state index is 0.0569. The Morgan fingerprint density at radius 3 is 2.33 bits per heavy atom. The summed E-state index contributed by atoms with van der Waals surface area (Å²) in [4.78, 5) is 35.9. The molecule has 0 N–H and O–H groups in total. The molecule has 27 heavy (non-hydrogen) atoms. The summed E-state index contributed by atoms with van der Waals surface area (Å²) in [5.41, 5.74) is 3.46. The number of aryl methyl sites for hydroxylation is 1. The Morgan fingerprint density at radius 2 is 1.78 bits per heavy atom. The quantitative estimate of drug-likeness (QED) is 0.577. The molecule has 1 heterocycles. The van der Waals surface area contributed by atoms with Gasteiger partial charge in [0, 0.05) is 22.6 Å². The molecule has 2 atom stereocenters. The third kappa shape index (κ3) is 3.79. The van der Waals surface area contributed by atoms with Crippen molar-refractivity contribution in [2.45, 2.75) is 27.2 Å². The third-order valence-corrected chi connectivity index (χ3v) is 5.04. The number of ketones is 1. The molecule has 142 valence electrons. The largest absolute Gasteiger partial charge is 0.465 e. The van der Waals surface area contributed by atoms with Crippen molar-refractivity contribution in [3.63, 3.8) is 0 Å². The van der Waals surface area contributed by atoms with Crippen LogP contribution in [-0.4, -0.2) is 36.0 Å². The number of hydrogen-bond donors (Lipinski definition) is 0. The second kappa shape index (κ2) is 7.39. The molecule has 0 bridgehead atoms. The zero-order chi connectivity index (χ0) is 19.7. The van der Waals surface area contributed by atoms with E-state index in [1.54, 1.807) is 30.3 Å². The first kappa shape index (κ1) is 18.9. The second-order valence-electron chi connectivity index (χ2n) is 7.01. The lowest BCUT2D eigenvalue weighted by atomic mass is 10.1. The van der Waals surface area contributed by atoms with Gasteiger partial charge in [-0.1, -0.05) is 6.92 Å². The highest BCUT2D eigenvalue weighted by Gasteiger charge is 2.40. The van der Waals surface area contributed by atoms with Crippen molar-refractivity contribution in [3.8, 4) is 5.69 Å². The van der Waals surface area contributed by atoms with Gasteiger partial charge < -0.3 is 14.0 Å². The molecule has 1 aromatic carbocycles. The van der Waals surface area contributed by atoms with Crippen LogP contribution in [0.25, 0.3) is 5.69 Å². The van der Waals surface area contributed by atoms with Crippen LogP contribution in [-0.2, 0) is 14.3 Å². The van der Waals surface area contributed by atoms with Gasteiger partial charge in [0.15, 0.2) is 6.61 Å². The van der Waals surface area contributed by atoms with Crippen LogP contribution < -0.4 is 0 Å². The smallest absolute Gasteiger partial charge is 0.337 e. The van der Waals surface area contributed by atoms with Gasteiger partial charge in [-0.2, -0.15) is 0 Å². The zero-order valence-corrected chi connectivity index (χ0v) is 15.9. The number of esters is 2. The Bertz CT molecular complexity index is 894. The average molecular weight is 369 g/mol. The molecule has 0 saturated heterocycles. The van der Waals surface area contributed by atoms with Gasteiger partial charge in [-0.15, -0.1) is 0 Å². The molecule has 0 amide bonds. The van der Waals surface area contributed by atoms with Crippen LogP contribution >= 0.6 is 0 Å². The summed E-state index contributed by atoms with van der Waals surface area (Å²) in [7, 11) is 1.34. The number of aromatic nitrogens is 1. The Balaban J connectivity index is 1.76. The maximum absolute atomic E-state index is 12.5. The molecule has 0 spiro atoms. The summed E-state index contributed by atoms with van der Waals surface area (Å²) in [6, 6.07) is 8.75. The molecule has 1 aliphatic rings. The van der Waals surface area contributed by atoms with Gasteiger partial charge in [0.2, 0.25) is 5.78 Å². The molecule has 1 aromatic heterocycles. The number of carbonyl (C=O) groups is 3. The van der Waals surface area contributed by atoms with Crippen LogP contribution in [0.5, 0.6) is 0 Å². The van der Waals surface area contributed by atoms with Crippen LogP contribution in [0.1, 0.15) is 45.4 Å². The van der Waals surface area contributed by atoms with E-state index < -0.39 is 5.97 Å². The zero-order valence-electron chi connectivity index (χ0n) is 15.9. The number of methoxy groups -OCH3 is 1. The normalized spacial score (nSPS) is 18.1. The van der Waals surface area contributed by atoms with Gasteiger partial charge in [-0.25, -0.2) is 4.79 Å². The molecule has 1 fully saturated rings. The van der Waals surface area contributed by atoms with E-state index in [-0.39, 0.29) is 24.3 Å². The van der Waals surface area contributed by atoms with Crippen molar-refractivity contribution in [2.24, 2.45) is 11.8 Å². The average Bonchev–Trinajstić information content (AvgIpc) is 3.32. The lowest BCUT2D eigenvalue weighted by Gasteiger charge is -2.10. The number of ether oxygens (including phenoxy) is 2. The van der Waals surface area contributed by atoms with Crippen LogP contribution in [0.3, 0.4) is 0 Å². The van der Waals surface area contributed by atoms with Crippen LogP contribution in [0, 0.1) is 25.7 Å². The number of rotatable bonds is 6. The Kier molecular flexibility index (Phi) is 5.17. The molecule has 1 saturated carbocycles. The van der Waals surface area contributed by atoms with Crippen molar-refractivity contribution in [1.82, 2.24) is 4.57 Å². The monoisotopic (exact) mass is 369 g/mol.